The van der Waals surface area contributed by atoms with Gasteiger partial charge in [0.05, 0.1) is 27.1 Å². The second kappa shape index (κ2) is 4.15. The first-order chi connectivity index (χ1) is 8.68. The summed E-state index contributed by atoms with van der Waals surface area (Å²) in [6.45, 7) is 0. The fraction of sp³-hybridized carbons (Fsp3) is 0. The molecule has 0 saturated heterocycles. The van der Waals surface area contributed by atoms with E-state index in [0.29, 0.717) is 26.6 Å². The van der Waals surface area contributed by atoms with Crippen LogP contribution in [0.25, 0.3) is 16.6 Å². The number of rotatable bonds is 1. The topological polar surface area (TPSA) is 50.7 Å². The Hall–Kier alpha value is -1.78. The van der Waals surface area contributed by atoms with Crippen LogP contribution < -0.4 is 5.56 Å². The summed E-state index contributed by atoms with van der Waals surface area (Å²) in [5, 5.41) is 4.29. The van der Waals surface area contributed by atoms with Crippen LogP contribution in [-0.2, 0) is 0 Å². The second-order valence-electron chi connectivity index (χ2n) is 3.74. The minimum absolute atomic E-state index is 0.206. The van der Waals surface area contributed by atoms with Gasteiger partial charge < -0.3 is 0 Å². The molecule has 3 rings (SSSR count). The van der Waals surface area contributed by atoms with Crippen molar-refractivity contribution in [3.8, 4) is 5.69 Å². The highest BCUT2D eigenvalue weighted by Crippen LogP contribution is 2.27. The van der Waals surface area contributed by atoms with Crippen LogP contribution in [0.15, 0.2) is 41.5 Å². The maximum Gasteiger partial charge on any atom is 0.279 e. The normalized spacial score (nSPS) is 11.0. The van der Waals surface area contributed by atoms with Crippen LogP contribution in [0, 0.1) is 0 Å². The van der Waals surface area contributed by atoms with Crippen LogP contribution in [0.1, 0.15) is 0 Å². The van der Waals surface area contributed by atoms with Crippen LogP contribution in [0.2, 0.25) is 10.0 Å². The molecule has 0 saturated carbocycles. The minimum atomic E-state index is -0.206. The van der Waals surface area contributed by atoms with Crippen molar-refractivity contribution in [2.24, 2.45) is 0 Å². The number of fused-ring (bicyclic) bond motifs is 1. The third kappa shape index (κ3) is 1.62. The number of nitrogens with one attached hydrogen (secondary N) is 1. The van der Waals surface area contributed by atoms with Crippen LogP contribution in [-0.4, -0.2) is 14.8 Å². The van der Waals surface area contributed by atoms with Crippen LogP contribution in [0.4, 0.5) is 0 Å². The van der Waals surface area contributed by atoms with Crippen LogP contribution >= 0.6 is 23.2 Å². The molecule has 0 radical (unpaired) electrons. The van der Waals surface area contributed by atoms with Gasteiger partial charge >= 0.3 is 0 Å². The molecule has 0 fully saturated rings. The first kappa shape index (κ1) is 11.3. The van der Waals surface area contributed by atoms with Crippen molar-refractivity contribution in [3.05, 3.63) is 57.1 Å². The number of pyridine rings is 1. The Kier molecular flexibility index (Phi) is 2.61. The Labute approximate surface area is 112 Å². The first-order valence-corrected chi connectivity index (χ1v) is 5.93. The monoisotopic (exact) mass is 279 g/mol. The Balaban J connectivity index is 2.39. The number of nitrogens with zero attached hydrogens (tertiary/aromatic N) is 2. The van der Waals surface area contributed by atoms with Gasteiger partial charge in [0.25, 0.3) is 5.56 Å². The smallest absolute Gasteiger partial charge is 0.279 e. The van der Waals surface area contributed by atoms with Gasteiger partial charge in [0.15, 0.2) is 0 Å². The van der Waals surface area contributed by atoms with Gasteiger partial charge in [-0.2, -0.15) is 0 Å². The summed E-state index contributed by atoms with van der Waals surface area (Å²) in [6.07, 6.45) is 3.15. The van der Waals surface area contributed by atoms with E-state index in [1.165, 1.54) is 4.68 Å². The summed E-state index contributed by atoms with van der Waals surface area (Å²) in [5.41, 5.74) is 0.878. The number of para-hydroxylation sites is 1. The maximum absolute atomic E-state index is 12.2. The van der Waals surface area contributed by atoms with E-state index >= 15 is 0 Å². The second-order valence-corrected chi connectivity index (χ2v) is 4.56. The number of aromatic nitrogens is 3. The van der Waals surface area contributed by atoms with E-state index in [1.807, 2.05) is 0 Å². The predicted molar refractivity (Wildman–Crippen MR) is 71.7 cm³/mol. The summed E-state index contributed by atoms with van der Waals surface area (Å²) < 4.78 is 1.33. The van der Waals surface area contributed by atoms with Gasteiger partial charge in [0.1, 0.15) is 5.69 Å². The Morgan fingerprint density at radius 3 is 2.56 bits per heavy atom. The van der Waals surface area contributed by atoms with Crippen molar-refractivity contribution in [3.63, 3.8) is 0 Å². The number of H-pyrrole nitrogens is 1. The van der Waals surface area contributed by atoms with E-state index in [-0.39, 0.29) is 5.56 Å². The SMILES string of the molecule is O=c1c2ccncc2[nH]n1-c1c(Cl)cccc1Cl. The first-order valence-electron chi connectivity index (χ1n) is 5.17. The molecule has 0 spiro atoms. The Morgan fingerprint density at radius 2 is 1.89 bits per heavy atom. The molecule has 3 aromatic rings. The van der Waals surface area contributed by atoms with E-state index in [1.54, 1.807) is 36.7 Å². The van der Waals surface area contributed by atoms with Gasteiger partial charge in [0, 0.05) is 6.20 Å². The lowest BCUT2D eigenvalue weighted by Crippen LogP contribution is -2.15. The van der Waals surface area contributed by atoms with Crippen molar-refractivity contribution in [1.82, 2.24) is 14.8 Å². The third-order valence-corrected chi connectivity index (χ3v) is 3.26. The molecule has 0 aliphatic rings. The van der Waals surface area contributed by atoms with E-state index in [9.17, 15) is 4.79 Å². The standard InChI is InChI=1S/C12H7Cl2N3O/c13-8-2-1-3-9(14)11(8)17-12(18)7-4-5-15-6-10(7)16-17/h1-6,16H. The summed E-state index contributed by atoms with van der Waals surface area (Å²) in [6, 6.07) is 6.73. The highest BCUT2D eigenvalue weighted by Gasteiger charge is 2.13. The number of hydrogen-bond donors (Lipinski definition) is 1. The Bertz CT molecular complexity index is 771. The molecule has 0 atom stereocenters. The largest absolute Gasteiger partial charge is 0.289 e. The minimum Gasteiger partial charge on any atom is -0.289 e. The predicted octanol–water partition coefficient (Wildman–Crippen LogP) is 3.02. The van der Waals surface area contributed by atoms with E-state index in [2.05, 4.69) is 10.1 Å². The molecule has 0 bridgehead atoms. The molecule has 90 valence electrons. The van der Waals surface area contributed by atoms with Crippen LogP contribution in [0.5, 0.6) is 0 Å². The van der Waals surface area contributed by atoms with Crippen molar-refractivity contribution in [2.75, 3.05) is 0 Å². The van der Waals surface area contributed by atoms with Gasteiger partial charge in [0.2, 0.25) is 0 Å². The van der Waals surface area contributed by atoms with Gasteiger partial charge in [-0.15, -0.1) is 0 Å². The summed E-state index contributed by atoms with van der Waals surface area (Å²) >= 11 is 12.2. The van der Waals surface area contributed by atoms with E-state index < -0.39 is 0 Å². The van der Waals surface area contributed by atoms with Gasteiger partial charge in [-0.1, -0.05) is 29.3 Å². The lowest BCUT2D eigenvalue weighted by Gasteiger charge is -2.06. The van der Waals surface area contributed by atoms with E-state index in [0.717, 1.165) is 0 Å². The molecule has 4 nitrogen and oxygen atoms in total. The number of benzene rings is 1. The molecule has 18 heavy (non-hydrogen) atoms. The quantitative estimate of drug-likeness (QED) is 0.744. The summed E-state index contributed by atoms with van der Waals surface area (Å²) in [5.74, 6) is 0. The molecule has 1 N–H and O–H groups in total. The number of hydrogen-bond acceptors (Lipinski definition) is 2. The molecule has 0 unspecified atom stereocenters. The number of halogens is 2. The van der Waals surface area contributed by atoms with Gasteiger partial charge in [-0.05, 0) is 18.2 Å². The maximum atomic E-state index is 12.2. The van der Waals surface area contributed by atoms with Crippen LogP contribution in [0.3, 0.4) is 0 Å². The Morgan fingerprint density at radius 1 is 1.17 bits per heavy atom. The fourth-order valence-corrected chi connectivity index (χ4v) is 2.39. The molecular weight excluding hydrogens is 273 g/mol. The van der Waals surface area contributed by atoms with Gasteiger partial charge in [-0.3, -0.25) is 14.9 Å². The van der Waals surface area contributed by atoms with Crippen molar-refractivity contribution in [2.45, 2.75) is 0 Å². The average molecular weight is 280 g/mol. The lowest BCUT2D eigenvalue weighted by atomic mass is 10.3. The zero-order chi connectivity index (χ0) is 12.7. The summed E-state index contributed by atoms with van der Waals surface area (Å²) in [7, 11) is 0. The lowest BCUT2D eigenvalue weighted by molar-refractivity contribution is 0.863. The molecule has 2 aromatic heterocycles. The average Bonchev–Trinajstić information content (AvgIpc) is 2.68. The van der Waals surface area contributed by atoms with Crippen molar-refractivity contribution < 1.29 is 0 Å². The van der Waals surface area contributed by atoms with Crippen molar-refractivity contribution >= 4 is 34.1 Å². The molecule has 0 aliphatic carbocycles. The number of aromatic amines is 1. The summed E-state index contributed by atoms with van der Waals surface area (Å²) in [4.78, 5) is 16.2. The van der Waals surface area contributed by atoms with E-state index in [4.69, 9.17) is 23.2 Å². The van der Waals surface area contributed by atoms with Crippen molar-refractivity contribution in [1.29, 1.82) is 0 Å². The molecular formula is C12H7Cl2N3O. The highest BCUT2D eigenvalue weighted by molar-refractivity contribution is 6.37. The molecule has 0 amide bonds. The zero-order valence-corrected chi connectivity index (χ0v) is 10.5. The zero-order valence-electron chi connectivity index (χ0n) is 9.02. The molecule has 1 aromatic carbocycles. The molecule has 0 aliphatic heterocycles. The third-order valence-electron chi connectivity index (χ3n) is 2.65. The van der Waals surface area contributed by atoms with Gasteiger partial charge in [-0.25, -0.2) is 4.68 Å². The highest BCUT2D eigenvalue weighted by atomic mass is 35.5. The fourth-order valence-electron chi connectivity index (χ4n) is 1.82. The molecule has 6 heteroatoms. The molecule has 2 heterocycles.